The summed E-state index contributed by atoms with van der Waals surface area (Å²) in [5.41, 5.74) is -0.165. The summed E-state index contributed by atoms with van der Waals surface area (Å²) in [5.74, 6) is 0. The molecule has 0 saturated heterocycles. The van der Waals surface area contributed by atoms with Gasteiger partial charge in [-0.25, -0.2) is 0 Å². The van der Waals surface area contributed by atoms with Crippen LogP contribution in [0.15, 0.2) is 24.3 Å². The van der Waals surface area contributed by atoms with Crippen LogP contribution < -0.4 is 5.32 Å². The minimum atomic E-state index is -4.33. The lowest BCUT2D eigenvalue weighted by Crippen LogP contribution is -2.24. The molecule has 1 rings (SSSR count). The number of aliphatic hydroxyl groups is 1. The van der Waals surface area contributed by atoms with Crippen molar-refractivity contribution in [1.82, 2.24) is 0 Å². The molecule has 1 unspecified atom stereocenters. The van der Waals surface area contributed by atoms with Gasteiger partial charge in [-0.2, -0.15) is 13.2 Å². The fourth-order valence-electron chi connectivity index (χ4n) is 1.33. The van der Waals surface area contributed by atoms with Crippen molar-refractivity contribution in [1.29, 1.82) is 0 Å². The number of ether oxygens (including phenoxy) is 1. The van der Waals surface area contributed by atoms with Crippen molar-refractivity contribution in [3.63, 3.8) is 0 Å². The van der Waals surface area contributed by atoms with Gasteiger partial charge in [0.15, 0.2) is 0 Å². The second-order valence-electron chi connectivity index (χ2n) is 3.77. The fourth-order valence-corrected chi connectivity index (χ4v) is 1.33. The molecule has 0 radical (unpaired) electrons. The van der Waals surface area contributed by atoms with E-state index in [0.717, 1.165) is 12.1 Å². The average Bonchev–Trinajstić information content (AvgIpc) is 2.33. The van der Waals surface area contributed by atoms with Crippen LogP contribution in [0, 0.1) is 0 Å². The monoisotopic (exact) mass is 263 g/mol. The Balaban J connectivity index is 2.44. The zero-order valence-corrected chi connectivity index (χ0v) is 10.00. The normalized spacial score (nSPS) is 13.4. The van der Waals surface area contributed by atoms with E-state index >= 15 is 0 Å². The lowest BCUT2D eigenvalue weighted by Gasteiger charge is -2.13. The largest absolute Gasteiger partial charge is 0.416 e. The molecule has 0 aliphatic carbocycles. The Morgan fingerprint density at radius 1 is 1.28 bits per heavy atom. The highest BCUT2D eigenvalue weighted by Crippen LogP contribution is 2.29. The number of benzene rings is 1. The van der Waals surface area contributed by atoms with E-state index in [-0.39, 0.29) is 13.2 Å². The first-order chi connectivity index (χ1) is 8.43. The summed E-state index contributed by atoms with van der Waals surface area (Å²) in [6.45, 7) is 2.75. The molecule has 0 aromatic heterocycles. The Labute approximate surface area is 104 Å². The van der Waals surface area contributed by atoms with E-state index in [1.54, 1.807) is 0 Å². The Bertz CT molecular complexity index is 351. The quantitative estimate of drug-likeness (QED) is 0.828. The number of hydrogen-bond donors (Lipinski definition) is 2. The van der Waals surface area contributed by atoms with Crippen molar-refractivity contribution in [2.75, 3.05) is 25.1 Å². The van der Waals surface area contributed by atoms with Crippen molar-refractivity contribution in [3.8, 4) is 0 Å². The molecule has 2 N–H and O–H groups in total. The number of aliphatic hydroxyl groups excluding tert-OH is 1. The van der Waals surface area contributed by atoms with Gasteiger partial charge in [0.25, 0.3) is 0 Å². The summed E-state index contributed by atoms with van der Waals surface area (Å²) < 4.78 is 41.9. The molecule has 0 amide bonds. The van der Waals surface area contributed by atoms with Gasteiger partial charge in [0, 0.05) is 18.8 Å². The van der Waals surface area contributed by atoms with Crippen LogP contribution in [0.2, 0.25) is 0 Å². The zero-order valence-electron chi connectivity index (χ0n) is 10.00. The smallest absolute Gasteiger partial charge is 0.389 e. The Morgan fingerprint density at radius 3 is 2.39 bits per heavy atom. The molecule has 1 aromatic rings. The third-order valence-corrected chi connectivity index (χ3v) is 2.27. The fraction of sp³-hybridized carbons (Fsp3) is 0.500. The summed E-state index contributed by atoms with van der Waals surface area (Å²) in [6, 6.07) is 4.65. The summed E-state index contributed by atoms with van der Waals surface area (Å²) in [5, 5.41) is 12.3. The van der Waals surface area contributed by atoms with Crippen LogP contribution in [0.3, 0.4) is 0 Å². The number of nitrogens with one attached hydrogen (secondary N) is 1. The van der Waals surface area contributed by atoms with Gasteiger partial charge in [0.05, 0.1) is 18.3 Å². The van der Waals surface area contributed by atoms with Gasteiger partial charge in [-0.15, -0.1) is 0 Å². The SMILES string of the molecule is CCOCC(O)CNc1ccc(C(F)(F)F)cc1. The van der Waals surface area contributed by atoms with Gasteiger partial charge in [-0.1, -0.05) is 0 Å². The molecule has 102 valence electrons. The predicted octanol–water partition coefficient (Wildman–Crippen LogP) is 2.51. The molecule has 0 bridgehead atoms. The molecule has 0 spiro atoms. The third kappa shape index (κ3) is 4.93. The molecule has 0 heterocycles. The lowest BCUT2D eigenvalue weighted by atomic mass is 10.2. The third-order valence-electron chi connectivity index (χ3n) is 2.27. The average molecular weight is 263 g/mol. The number of hydrogen-bond acceptors (Lipinski definition) is 3. The number of rotatable bonds is 6. The van der Waals surface area contributed by atoms with E-state index < -0.39 is 17.8 Å². The molecule has 1 aromatic carbocycles. The maximum atomic E-state index is 12.3. The predicted molar refractivity (Wildman–Crippen MR) is 62.4 cm³/mol. The van der Waals surface area contributed by atoms with E-state index in [2.05, 4.69) is 5.32 Å². The van der Waals surface area contributed by atoms with Crippen molar-refractivity contribution in [2.45, 2.75) is 19.2 Å². The molecular weight excluding hydrogens is 247 g/mol. The Morgan fingerprint density at radius 2 is 1.89 bits per heavy atom. The first-order valence-corrected chi connectivity index (χ1v) is 5.60. The van der Waals surface area contributed by atoms with Gasteiger partial charge in [-0.05, 0) is 31.2 Å². The highest BCUT2D eigenvalue weighted by Gasteiger charge is 2.29. The minimum Gasteiger partial charge on any atom is -0.389 e. The summed E-state index contributed by atoms with van der Waals surface area (Å²) in [7, 11) is 0. The van der Waals surface area contributed by atoms with Crippen LogP contribution in [0.4, 0.5) is 18.9 Å². The van der Waals surface area contributed by atoms with Gasteiger partial charge >= 0.3 is 6.18 Å². The summed E-state index contributed by atoms with van der Waals surface area (Å²) in [6.07, 6.45) is -5.01. The molecule has 0 saturated carbocycles. The van der Waals surface area contributed by atoms with E-state index in [9.17, 15) is 18.3 Å². The molecule has 1 atom stereocenters. The van der Waals surface area contributed by atoms with Gasteiger partial charge in [0.2, 0.25) is 0 Å². The molecule has 0 aliphatic rings. The first-order valence-electron chi connectivity index (χ1n) is 5.60. The number of halogens is 3. The van der Waals surface area contributed by atoms with Crippen molar-refractivity contribution < 1.29 is 23.0 Å². The second-order valence-corrected chi connectivity index (χ2v) is 3.77. The van der Waals surface area contributed by atoms with Crippen LogP contribution in [0.1, 0.15) is 12.5 Å². The first kappa shape index (κ1) is 14.8. The summed E-state index contributed by atoms with van der Waals surface area (Å²) in [4.78, 5) is 0. The molecule has 0 fully saturated rings. The molecule has 18 heavy (non-hydrogen) atoms. The molecule has 6 heteroatoms. The molecular formula is C12H16F3NO2. The maximum absolute atomic E-state index is 12.3. The Hall–Kier alpha value is -1.27. The van der Waals surface area contributed by atoms with E-state index in [1.807, 2.05) is 6.92 Å². The zero-order chi connectivity index (χ0) is 13.6. The van der Waals surface area contributed by atoms with E-state index in [0.29, 0.717) is 12.3 Å². The van der Waals surface area contributed by atoms with Crippen LogP contribution in [0.25, 0.3) is 0 Å². The second kappa shape index (κ2) is 6.61. The van der Waals surface area contributed by atoms with Crippen LogP contribution in [-0.2, 0) is 10.9 Å². The van der Waals surface area contributed by atoms with Crippen LogP contribution >= 0.6 is 0 Å². The number of alkyl halides is 3. The van der Waals surface area contributed by atoms with Gasteiger partial charge < -0.3 is 15.2 Å². The van der Waals surface area contributed by atoms with Gasteiger partial charge in [0.1, 0.15) is 0 Å². The van der Waals surface area contributed by atoms with Gasteiger partial charge in [-0.3, -0.25) is 0 Å². The minimum absolute atomic E-state index is 0.199. The topological polar surface area (TPSA) is 41.5 Å². The van der Waals surface area contributed by atoms with Crippen LogP contribution in [0.5, 0.6) is 0 Å². The molecule has 3 nitrogen and oxygen atoms in total. The molecule has 0 aliphatic heterocycles. The maximum Gasteiger partial charge on any atom is 0.416 e. The standard InChI is InChI=1S/C12H16F3NO2/c1-2-18-8-11(17)7-16-10-5-3-9(4-6-10)12(13,14)15/h3-6,11,16-17H,2,7-8H2,1H3. The van der Waals surface area contributed by atoms with Crippen molar-refractivity contribution in [3.05, 3.63) is 29.8 Å². The van der Waals surface area contributed by atoms with Crippen LogP contribution in [-0.4, -0.2) is 31.0 Å². The van der Waals surface area contributed by atoms with Crippen molar-refractivity contribution in [2.24, 2.45) is 0 Å². The highest BCUT2D eigenvalue weighted by atomic mass is 19.4. The highest BCUT2D eigenvalue weighted by molar-refractivity contribution is 5.45. The lowest BCUT2D eigenvalue weighted by molar-refractivity contribution is -0.137. The number of anilines is 1. The van der Waals surface area contributed by atoms with Crippen molar-refractivity contribution >= 4 is 5.69 Å². The summed E-state index contributed by atoms with van der Waals surface area (Å²) >= 11 is 0. The van der Waals surface area contributed by atoms with E-state index in [1.165, 1.54) is 12.1 Å². The van der Waals surface area contributed by atoms with E-state index in [4.69, 9.17) is 4.74 Å². The Kier molecular flexibility index (Phi) is 5.43.